The third-order valence-corrected chi connectivity index (χ3v) is 5.05. The van der Waals surface area contributed by atoms with Gasteiger partial charge >= 0.3 is 0 Å². The molecule has 2 saturated heterocycles. The van der Waals surface area contributed by atoms with Gasteiger partial charge in [-0.3, -0.25) is 9.69 Å². The number of aromatic nitrogens is 2. The average Bonchev–Trinajstić information content (AvgIpc) is 3.24. The maximum atomic E-state index is 12.3. The van der Waals surface area contributed by atoms with Crippen molar-refractivity contribution in [1.29, 1.82) is 0 Å². The van der Waals surface area contributed by atoms with Gasteiger partial charge < -0.3 is 14.7 Å². The summed E-state index contributed by atoms with van der Waals surface area (Å²) >= 11 is 0. The monoisotopic (exact) mass is 377 g/mol. The minimum absolute atomic E-state index is 0. The van der Waals surface area contributed by atoms with E-state index in [1.54, 1.807) is 0 Å². The van der Waals surface area contributed by atoms with Gasteiger partial charge in [-0.25, -0.2) is 0 Å². The molecule has 1 aromatic carbocycles. The van der Waals surface area contributed by atoms with Gasteiger partial charge in [-0.1, -0.05) is 35.5 Å². The lowest BCUT2D eigenvalue weighted by Gasteiger charge is -2.30. The van der Waals surface area contributed by atoms with Crippen molar-refractivity contribution >= 4 is 18.3 Å². The van der Waals surface area contributed by atoms with Gasteiger partial charge in [0.05, 0.1) is 12.0 Å². The lowest BCUT2D eigenvalue weighted by atomic mass is 10.1. The molecule has 7 nitrogen and oxygen atoms in total. The van der Waals surface area contributed by atoms with E-state index in [-0.39, 0.29) is 30.3 Å². The van der Waals surface area contributed by atoms with Crippen LogP contribution in [0.5, 0.6) is 0 Å². The van der Waals surface area contributed by atoms with E-state index in [1.165, 1.54) is 0 Å². The number of rotatable bonds is 4. The highest BCUT2D eigenvalue weighted by Gasteiger charge is 2.35. The van der Waals surface area contributed by atoms with E-state index < -0.39 is 0 Å². The number of likely N-dealkylation sites (tertiary alicyclic amines) is 1. The lowest BCUT2D eigenvalue weighted by molar-refractivity contribution is -0.128. The second-order valence-electron chi connectivity index (χ2n) is 6.85. The van der Waals surface area contributed by atoms with E-state index in [0.29, 0.717) is 31.2 Å². The van der Waals surface area contributed by atoms with Crippen LogP contribution >= 0.6 is 12.4 Å². The average molecular weight is 378 g/mol. The first-order chi connectivity index (χ1) is 12.2. The summed E-state index contributed by atoms with van der Waals surface area (Å²) in [6, 6.07) is 10.2. The summed E-state index contributed by atoms with van der Waals surface area (Å²) in [6.07, 6.45) is 0.438. The highest BCUT2D eigenvalue weighted by molar-refractivity contribution is 5.85. The zero-order valence-electron chi connectivity index (χ0n) is 14.8. The number of hydrogen-bond acceptors (Lipinski definition) is 6. The van der Waals surface area contributed by atoms with E-state index in [0.717, 1.165) is 25.2 Å². The van der Waals surface area contributed by atoms with Crippen LogP contribution in [0.3, 0.4) is 0 Å². The van der Waals surface area contributed by atoms with Crippen molar-refractivity contribution in [2.45, 2.75) is 24.9 Å². The van der Waals surface area contributed by atoms with E-state index in [4.69, 9.17) is 4.52 Å². The predicted octanol–water partition coefficient (Wildman–Crippen LogP) is 1.58. The topological polar surface area (TPSA) is 74.5 Å². The first-order valence-electron chi connectivity index (χ1n) is 8.77. The first kappa shape index (κ1) is 18.8. The summed E-state index contributed by atoms with van der Waals surface area (Å²) < 4.78 is 5.50. The van der Waals surface area contributed by atoms with Gasteiger partial charge in [0, 0.05) is 39.1 Å². The standard InChI is InChI=1S/C18H23N5O2.ClH/c1-22-8-7-19-10-15(22)17-20-18(25-21-17)14-9-16(24)23(12-14)11-13-5-3-2-4-6-13;/h2-6,14-15,19H,7-12H2,1H3;1H. The highest BCUT2D eigenvalue weighted by atomic mass is 35.5. The largest absolute Gasteiger partial charge is 0.339 e. The second kappa shape index (κ2) is 8.16. The van der Waals surface area contributed by atoms with Gasteiger partial charge in [-0.05, 0) is 12.6 Å². The van der Waals surface area contributed by atoms with Crippen LogP contribution in [-0.4, -0.2) is 59.1 Å². The normalized spacial score (nSPS) is 23.9. The van der Waals surface area contributed by atoms with E-state index in [1.807, 2.05) is 35.2 Å². The van der Waals surface area contributed by atoms with Crippen LogP contribution in [0.1, 0.15) is 35.7 Å². The van der Waals surface area contributed by atoms with Gasteiger partial charge in [0.15, 0.2) is 5.82 Å². The van der Waals surface area contributed by atoms with Crippen LogP contribution in [0, 0.1) is 0 Å². The van der Waals surface area contributed by atoms with Gasteiger partial charge in [0.25, 0.3) is 0 Å². The first-order valence-corrected chi connectivity index (χ1v) is 8.77. The molecule has 1 aromatic heterocycles. The molecule has 140 valence electrons. The number of carbonyl (C=O) groups is 1. The molecule has 2 aliphatic rings. The quantitative estimate of drug-likeness (QED) is 0.872. The van der Waals surface area contributed by atoms with Crippen LogP contribution < -0.4 is 5.32 Å². The molecule has 0 spiro atoms. The van der Waals surface area contributed by atoms with Gasteiger partial charge in [-0.15, -0.1) is 12.4 Å². The highest BCUT2D eigenvalue weighted by Crippen LogP contribution is 2.29. The summed E-state index contributed by atoms with van der Waals surface area (Å²) in [7, 11) is 2.07. The SMILES string of the molecule is CN1CCNCC1c1noc(C2CC(=O)N(Cc3ccccc3)C2)n1.Cl. The number of amides is 1. The number of likely N-dealkylation sites (N-methyl/N-ethyl adjacent to an activating group) is 1. The molecule has 2 unspecified atom stereocenters. The molecule has 2 atom stereocenters. The van der Waals surface area contributed by atoms with Crippen molar-refractivity contribution in [2.75, 3.05) is 33.2 Å². The molecule has 1 amide bonds. The zero-order valence-corrected chi connectivity index (χ0v) is 15.6. The molecule has 4 rings (SSSR count). The lowest BCUT2D eigenvalue weighted by Crippen LogP contribution is -2.44. The van der Waals surface area contributed by atoms with Crippen molar-refractivity contribution in [3.05, 3.63) is 47.6 Å². The summed E-state index contributed by atoms with van der Waals surface area (Å²) in [5.41, 5.74) is 1.14. The Morgan fingerprint density at radius 1 is 1.31 bits per heavy atom. The number of benzene rings is 1. The Morgan fingerprint density at radius 2 is 2.12 bits per heavy atom. The van der Waals surface area contributed by atoms with E-state index >= 15 is 0 Å². The molecule has 0 saturated carbocycles. The Labute approximate surface area is 159 Å². The third-order valence-electron chi connectivity index (χ3n) is 5.05. The van der Waals surface area contributed by atoms with Crippen molar-refractivity contribution < 1.29 is 9.32 Å². The molecular weight excluding hydrogens is 354 g/mol. The van der Waals surface area contributed by atoms with Crippen LogP contribution in [0.25, 0.3) is 0 Å². The van der Waals surface area contributed by atoms with Gasteiger partial charge in [0.1, 0.15) is 0 Å². The molecule has 0 aliphatic carbocycles. The number of nitrogens with one attached hydrogen (secondary N) is 1. The maximum Gasteiger partial charge on any atom is 0.232 e. The third kappa shape index (κ3) is 3.90. The predicted molar refractivity (Wildman–Crippen MR) is 99.0 cm³/mol. The van der Waals surface area contributed by atoms with Crippen LogP contribution in [0.2, 0.25) is 0 Å². The fraction of sp³-hybridized carbons (Fsp3) is 0.500. The van der Waals surface area contributed by atoms with Gasteiger partial charge in [-0.2, -0.15) is 4.98 Å². The molecule has 2 fully saturated rings. The Morgan fingerprint density at radius 3 is 2.88 bits per heavy atom. The molecule has 0 bridgehead atoms. The molecule has 1 N–H and O–H groups in total. The smallest absolute Gasteiger partial charge is 0.232 e. The van der Waals surface area contributed by atoms with E-state index in [9.17, 15) is 4.79 Å². The molecular formula is C18H24ClN5O2. The fourth-order valence-corrected chi connectivity index (χ4v) is 3.54. The number of halogens is 1. The Kier molecular flexibility index (Phi) is 5.90. The maximum absolute atomic E-state index is 12.3. The second-order valence-corrected chi connectivity index (χ2v) is 6.85. The van der Waals surface area contributed by atoms with Crippen LogP contribution in [0.15, 0.2) is 34.9 Å². The molecule has 2 aliphatic heterocycles. The van der Waals surface area contributed by atoms with Crippen molar-refractivity contribution in [3.8, 4) is 0 Å². The molecule has 8 heteroatoms. The molecule has 2 aromatic rings. The number of carbonyl (C=O) groups excluding carboxylic acids is 1. The van der Waals surface area contributed by atoms with Crippen LogP contribution in [0.4, 0.5) is 0 Å². The summed E-state index contributed by atoms with van der Waals surface area (Å²) in [6.45, 7) is 4.02. The minimum Gasteiger partial charge on any atom is -0.339 e. The Hall–Kier alpha value is -1.96. The van der Waals surface area contributed by atoms with Crippen molar-refractivity contribution in [2.24, 2.45) is 0 Å². The Balaban J connectivity index is 0.00000196. The number of hydrogen-bond donors (Lipinski definition) is 1. The summed E-state index contributed by atoms with van der Waals surface area (Å²) in [5.74, 6) is 1.42. The minimum atomic E-state index is -0.0145. The fourth-order valence-electron chi connectivity index (χ4n) is 3.54. The summed E-state index contributed by atoms with van der Waals surface area (Å²) in [4.78, 5) is 21.0. The zero-order chi connectivity index (χ0) is 17.2. The Bertz CT molecular complexity index is 738. The number of piperazine rings is 1. The van der Waals surface area contributed by atoms with Crippen molar-refractivity contribution in [1.82, 2.24) is 25.3 Å². The summed E-state index contributed by atoms with van der Waals surface area (Å²) in [5, 5.41) is 7.53. The van der Waals surface area contributed by atoms with Crippen LogP contribution in [-0.2, 0) is 11.3 Å². The molecule has 0 radical (unpaired) electrons. The van der Waals surface area contributed by atoms with Crippen molar-refractivity contribution in [3.63, 3.8) is 0 Å². The molecule has 3 heterocycles. The number of nitrogens with zero attached hydrogens (tertiary/aromatic N) is 4. The van der Waals surface area contributed by atoms with E-state index in [2.05, 4.69) is 27.4 Å². The molecule has 26 heavy (non-hydrogen) atoms. The van der Waals surface area contributed by atoms with Gasteiger partial charge in [0.2, 0.25) is 11.8 Å².